The van der Waals surface area contributed by atoms with E-state index in [2.05, 4.69) is 10.6 Å². The molecule has 1 aromatic rings. The van der Waals surface area contributed by atoms with Gasteiger partial charge in [-0.2, -0.15) is 0 Å². The van der Waals surface area contributed by atoms with E-state index < -0.39 is 6.04 Å². The lowest BCUT2D eigenvalue weighted by molar-refractivity contribution is -0.139. The standard InChI is InChI=1S/C19H25N3O3S/c1-6-25-18(24)15-12(4)22(5)19(26)21-16(15)13-8-7-9-14(10-13)20-17(23)11(2)3/h7-11,16H,6H2,1-5H3,(H,20,23)(H,21,26)/t16-/m0/s1. The molecule has 0 aromatic heterocycles. The summed E-state index contributed by atoms with van der Waals surface area (Å²) in [6.45, 7) is 7.58. The first-order chi connectivity index (χ1) is 12.3. The predicted octanol–water partition coefficient (Wildman–Crippen LogP) is 2.98. The number of rotatable bonds is 5. The van der Waals surface area contributed by atoms with E-state index in [0.717, 1.165) is 11.3 Å². The minimum Gasteiger partial charge on any atom is -0.463 e. The normalized spacial score (nSPS) is 17.2. The van der Waals surface area contributed by atoms with Crippen LogP contribution in [0, 0.1) is 5.92 Å². The molecule has 0 fully saturated rings. The molecule has 26 heavy (non-hydrogen) atoms. The molecule has 0 bridgehead atoms. The van der Waals surface area contributed by atoms with E-state index in [-0.39, 0.29) is 17.8 Å². The van der Waals surface area contributed by atoms with Crippen LogP contribution in [-0.4, -0.2) is 35.5 Å². The van der Waals surface area contributed by atoms with Gasteiger partial charge in [0.2, 0.25) is 5.91 Å². The molecule has 1 heterocycles. The lowest BCUT2D eigenvalue weighted by Gasteiger charge is -2.35. The average Bonchev–Trinajstić information content (AvgIpc) is 2.59. The SMILES string of the molecule is CCOC(=O)C1=C(C)N(C)C(=S)N[C@H]1c1cccc(NC(=O)C(C)C)c1. The van der Waals surface area contributed by atoms with E-state index in [1.165, 1.54) is 0 Å². The van der Waals surface area contributed by atoms with Gasteiger partial charge in [0.15, 0.2) is 5.11 Å². The van der Waals surface area contributed by atoms with Crippen LogP contribution in [0.25, 0.3) is 0 Å². The molecule has 1 atom stereocenters. The molecule has 0 saturated carbocycles. The zero-order chi connectivity index (χ0) is 19.4. The number of hydrogen-bond acceptors (Lipinski definition) is 4. The number of amides is 1. The highest BCUT2D eigenvalue weighted by Gasteiger charge is 2.33. The zero-order valence-electron chi connectivity index (χ0n) is 15.8. The van der Waals surface area contributed by atoms with Crippen molar-refractivity contribution in [2.45, 2.75) is 33.7 Å². The number of nitrogens with zero attached hydrogens (tertiary/aromatic N) is 1. The van der Waals surface area contributed by atoms with E-state index in [1.807, 2.05) is 45.0 Å². The Balaban J connectivity index is 2.42. The molecule has 2 rings (SSSR count). The van der Waals surface area contributed by atoms with Gasteiger partial charge in [0.05, 0.1) is 18.2 Å². The highest BCUT2D eigenvalue weighted by atomic mass is 32.1. The highest BCUT2D eigenvalue weighted by molar-refractivity contribution is 7.80. The summed E-state index contributed by atoms with van der Waals surface area (Å²) in [4.78, 5) is 26.3. The van der Waals surface area contributed by atoms with E-state index in [9.17, 15) is 9.59 Å². The van der Waals surface area contributed by atoms with Gasteiger partial charge in [0.1, 0.15) is 0 Å². The maximum atomic E-state index is 12.5. The number of hydrogen-bond donors (Lipinski definition) is 2. The second-order valence-electron chi connectivity index (χ2n) is 6.43. The van der Waals surface area contributed by atoms with E-state index in [1.54, 1.807) is 18.9 Å². The first kappa shape index (κ1) is 19.9. The fourth-order valence-corrected chi connectivity index (χ4v) is 2.90. The Kier molecular flexibility index (Phi) is 6.37. The summed E-state index contributed by atoms with van der Waals surface area (Å²) in [6, 6.07) is 6.96. The van der Waals surface area contributed by atoms with Gasteiger partial charge in [-0.1, -0.05) is 26.0 Å². The molecule has 0 aliphatic carbocycles. The van der Waals surface area contributed by atoms with Crippen LogP contribution in [0.15, 0.2) is 35.5 Å². The van der Waals surface area contributed by atoms with Crippen molar-refractivity contribution < 1.29 is 14.3 Å². The number of carbonyl (C=O) groups excluding carboxylic acids is 2. The molecule has 140 valence electrons. The molecule has 0 unspecified atom stereocenters. The molecule has 7 heteroatoms. The summed E-state index contributed by atoms with van der Waals surface area (Å²) in [5.41, 5.74) is 2.75. The van der Waals surface area contributed by atoms with Crippen molar-refractivity contribution in [3.8, 4) is 0 Å². The summed E-state index contributed by atoms with van der Waals surface area (Å²) in [6.07, 6.45) is 0. The molecule has 1 aliphatic rings. The minimum absolute atomic E-state index is 0.0636. The van der Waals surface area contributed by atoms with Crippen LogP contribution in [0.5, 0.6) is 0 Å². The number of allylic oxidation sites excluding steroid dienone is 1. The maximum Gasteiger partial charge on any atom is 0.338 e. The molecular formula is C19H25N3O3S. The third kappa shape index (κ3) is 4.22. The monoisotopic (exact) mass is 375 g/mol. The third-order valence-corrected chi connectivity index (χ3v) is 4.65. The Bertz CT molecular complexity index is 758. The lowest BCUT2D eigenvalue weighted by Crippen LogP contribution is -2.46. The van der Waals surface area contributed by atoms with Crippen molar-refractivity contribution >= 4 is 34.9 Å². The molecule has 0 radical (unpaired) electrons. The first-order valence-electron chi connectivity index (χ1n) is 8.59. The Labute approximate surface area is 159 Å². The van der Waals surface area contributed by atoms with Gasteiger partial charge >= 0.3 is 5.97 Å². The van der Waals surface area contributed by atoms with Crippen molar-refractivity contribution in [1.29, 1.82) is 0 Å². The van der Waals surface area contributed by atoms with Crippen molar-refractivity contribution in [3.05, 3.63) is 41.1 Å². The largest absolute Gasteiger partial charge is 0.463 e. The van der Waals surface area contributed by atoms with Crippen LogP contribution < -0.4 is 10.6 Å². The van der Waals surface area contributed by atoms with Crippen LogP contribution >= 0.6 is 12.2 Å². The Morgan fingerprint density at radius 2 is 2.08 bits per heavy atom. The second-order valence-corrected chi connectivity index (χ2v) is 6.82. The number of nitrogens with one attached hydrogen (secondary N) is 2. The third-order valence-electron chi connectivity index (χ3n) is 4.26. The summed E-state index contributed by atoms with van der Waals surface area (Å²) >= 11 is 5.38. The molecule has 1 aromatic carbocycles. The van der Waals surface area contributed by atoms with Gasteiger partial charge in [0, 0.05) is 24.4 Å². The van der Waals surface area contributed by atoms with E-state index in [4.69, 9.17) is 17.0 Å². The van der Waals surface area contributed by atoms with Gasteiger partial charge in [0.25, 0.3) is 0 Å². The first-order valence-corrected chi connectivity index (χ1v) is 9.00. The van der Waals surface area contributed by atoms with Crippen molar-refractivity contribution in [1.82, 2.24) is 10.2 Å². The van der Waals surface area contributed by atoms with Gasteiger partial charge in [-0.15, -0.1) is 0 Å². The van der Waals surface area contributed by atoms with Crippen LogP contribution in [-0.2, 0) is 14.3 Å². The molecule has 1 amide bonds. The Morgan fingerprint density at radius 3 is 2.69 bits per heavy atom. The van der Waals surface area contributed by atoms with Crippen molar-refractivity contribution in [2.24, 2.45) is 5.92 Å². The van der Waals surface area contributed by atoms with Gasteiger partial charge < -0.3 is 20.3 Å². The number of anilines is 1. The van der Waals surface area contributed by atoms with Crippen LogP contribution in [0.2, 0.25) is 0 Å². The molecule has 2 N–H and O–H groups in total. The summed E-state index contributed by atoms with van der Waals surface area (Å²) in [5, 5.41) is 6.60. The number of thiocarbonyl (C=S) groups is 1. The van der Waals surface area contributed by atoms with Gasteiger partial charge in [-0.3, -0.25) is 4.79 Å². The second kappa shape index (κ2) is 8.31. The zero-order valence-corrected chi connectivity index (χ0v) is 16.6. The van der Waals surface area contributed by atoms with Gasteiger partial charge in [-0.25, -0.2) is 4.79 Å². The maximum absolute atomic E-state index is 12.5. The number of esters is 1. The van der Waals surface area contributed by atoms with Gasteiger partial charge in [-0.05, 0) is 43.8 Å². The minimum atomic E-state index is -0.436. The molecular weight excluding hydrogens is 350 g/mol. The summed E-state index contributed by atoms with van der Waals surface area (Å²) < 4.78 is 5.24. The summed E-state index contributed by atoms with van der Waals surface area (Å²) in [5.74, 6) is -0.565. The van der Waals surface area contributed by atoms with Crippen LogP contribution in [0.4, 0.5) is 5.69 Å². The Hall–Kier alpha value is -2.41. The smallest absolute Gasteiger partial charge is 0.338 e. The molecule has 6 nitrogen and oxygen atoms in total. The number of benzene rings is 1. The summed E-state index contributed by atoms with van der Waals surface area (Å²) in [7, 11) is 1.80. The van der Waals surface area contributed by atoms with Crippen molar-refractivity contribution in [3.63, 3.8) is 0 Å². The van der Waals surface area contributed by atoms with Crippen molar-refractivity contribution in [2.75, 3.05) is 19.0 Å². The lowest BCUT2D eigenvalue weighted by atomic mass is 9.94. The number of ether oxygens (including phenoxy) is 1. The average molecular weight is 375 g/mol. The Morgan fingerprint density at radius 1 is 1.38 bits per heavy atom. The topological polar surface area (TPSA) is 70.7 Å². The fraction of sp³-hybridized carbons (Fsp3) is 0.421. The molecule has 0 spiro atoms. The fourth-order valence-electron chi connectivity index (χ4n) is 2.64. The van der Waals surface area contributed by atoms with Crippen LogP contribution in [0.1, 0.15) is 39.3 Å². The quantitative estimate of drug-likeness (QED) is 0.609. The molecule has 1 aliphatic heterocycles. The predicted molar refractivity (Wildman–Crippen MR) is 105 cm³/mol. The van der Waals surface area contributed by atoms with Crippen LogP contribution in [0.3, 0.4) is 0 Å². The van der Waals surface area contributed by atoms with E-state index >= 15 is 0 Å². The highest BCUT2D eigenvalue weighted by Crippen LogP contribution is 2.31. The van der Waals surface area contributed by atoms with E-state index in [0.29, 0.717) is 23.0 Å². The number of carbonyl (C=O) groups is 2. The molecule has 0 saturated heterocycles.